The smallest absolute Gasteiger partial charge is 0.228 e. The van der Waals surface area contributed by atoms with Gasteiger partial charge in [0, 0.05) is 17.9 Å². The summed E-state index contributed by atoms with van der Waals surface area (Å²) in [6.07, 6.45) is 1.17. The standard InChI is InChI=1S/C22H21FN2O/c23-19-8-6-18(7-9-19)16-22(26)25-21-12-10-20(11-13-21)24-15-14-17-4-2-1-3-5-17/h1-13,24H,14-16H2,(H,25,26). The first-order chi connectivity index (χ1) is 12.7. The lowest BCUT2D eigenvalue weighted by Gasteiger charge is -2.09. The average molecular weight is 348 g/mol. The highest BCUT2D eigenvalue weighted by molar-refractivity contribution is 5.92. The van der Waals surface area contributed by atoms with Gasteiger partial charge in [0.2, 0.25) is 5.91 Å². The Labute approximate surface area is 152 Å². The summed E-state index contributed by atoms with van der Waals surface area (Å²) in [5, 5.41) is 6.22. The summed E-state index contributed by atoms with van der Waals surface area (Å²) in [7, 11) is 0. The van der Waals surface area contributed by atoms with Gasteiger partial charge in [0.05, 0.1) is 6.42 Å². The minimum absolute atomic E-state index is 0.124. The van der Waals surface area contributed by atoms with E-state index in [1.807, 2.05) is 42.5 Å². The highest BCUT2D eigenvalue weighted by atomic mass is 19.1. The Kier molecular flexibility index (Phi) is 5.99. The van der Waals surface area contributed by atoms with Gasteiger partial charge in [-0.15, -0.1) is 0 Å². The fourth-order valence-corrected chi connectivity index (χ4v) is 2.66. The normalized spacial score (nSPS) is 10.3. The lowest BCUT2D eigenvalue weighted by Crippen LogP contribution is -2.14. The number of hydrogen-bond acceptors (Lipinski definition) is 2. The van der Waals surface area contributed by atoms with Gasteiger partial charge in [0.25, 0.3) is 0 Å². The number of nitrogens with one attached hydrogen (secondary N) is 2. The van der Waals surface area contributed by atoms with E-state index in [0.717, 1.165) is 29.9 Å². The lowest BCUT2D eigenvalue weighted by molar-refractivity contribution is -0.115. The third-order valence-corrected chi connectivity index (χ3v) is 4.03. The molecule has 0 radical (unpaired) electrons. The van der Waals surface area contributed by atoms with E-state index in [2.05, 4.69) is 22.8 Å². The van der Waals surface area contributed by atoms with Gasteiger partial charge in [-0.1, -0.05) is 42.5 Å². The second kappa shape index (κ2) is 8.81. The minimum Gasteiger partial charge on any atom is -0.385 e. The molecule has 3 aromatic carbocycles. The first-order valence-corrected chi connectivity index (χ1v) is 8.61. The average Bonchev–Trinajstić information content (AvgIpc) is 2.66. The zero-order chi connectivity index (χ0) is 18.2. The van der Waals surface area contributed by atoms with Gasteiger partial charge >= 0.3 is 0 Å². The fourth-order valence-electron chi connectivity index (χ4n) is 2.66. The van der Waals surface area contributed by atoms with Gasteiger partial charge in [-0.3, -0.25) is 4.79 Å². The molecule has 0 aliphatic carbocycles. The predicted octanol–water partition coefficient (Wildman–Crippen LogP) is 4.66. The van der Waals surface area contributed by atoms with Crippen LogP contribution in [0.1, 0.15) is 11.1 Å². The van der Waals surface area contributed by atoms with Crippen molar-refractivity contribution in [3.8, 4) is 0 Å². The van der Waals surface area contributed by atoms with Crippen molar-refractivity contribution >= 4 is 17.3 Å². The Balaban J connectivity index is 1.46. The largest absolute Gasteiger partial charge is 0.385 e. The number of rotatable bonds is 7. The second-order valence-corrected chi connectivity index (χ2v) is 6.09. The Morgan fingerprint density at radius 2 is 1.42 bits per heavy atom. The molecule has 0 fully saturated rings. The first kappa shape index (κ1) is 17.7. The molecule has 0 aliphatic heterocycles. The number of amides is 1. The maximum Gasteiger partial charge on any atom is 0.228 e. The molecule has 0 aliphatic rings. The molecule has 0 heterocycles. The molecule has 2 N–H and O–H groups in total. The second-order valence-electron chi connectivity index (χ2n) is 6.09. The molecule has 0 saturated carbocycles. The van der Waals surface area contributed by atoms with Crippen LogP contribution >= 0.6 is 0 Å². The van der Waals surface area contributed by atoms with Crippen LogP contribution in [-0.2, 0) is 17.6 Å². The fraction of sp³-hybridized carbons (Fsp3) is 0.136. The maximum atomic E-state index is 12.9. The molecule has 3 rings (SSSR count). The van der Waals surface area contributed by atoms with Gasteiger partial charge in [0.1, 0.15) is 5.82 Å². The number of halogens is 1. The Morgan fingerprint density at radius 1 is 0.769 bits per heavy atom. The van der Waals surface area contributed by atoms with Crippen molar-refractivity contribution in [2.24, 2.45) is 0 Å². The van der Waals surface area contributed by atoms with Crippen LogP contribution in [0.5, 0.6) is 0 Å². The summed E-state index contributed by atoms with van der Waals surface area (Å²) in [6, 6.07) is 23.9. The summed E-state index contributed by atoms with van der Waals surface area (Å²) in [6.45, 7) is 0.848. The number of carbonyl (C=O) groups is 1. The van der Waals surface area contributed by atoms with Gasteiger partial charge in [-0.2, -0.15) is 0 Å². The maximum absolute atomic E-state index is 12.9. The van der Waals surface area contributed by atoms with E-state index in [1.165, 1.54) is 17.7 Å². The van der Waals surface area contributed by atoms with Crippen LogP contribution in [0.15, 0.2) is 78.9 Å². The Bertz CT molecular complexity index is 830. The first-order valence-electron chi connectivity index (χ1n) is 8.61. The third-order valence-electron chi connectivity index (χ3n) is 4.03. The number of hydrogen-bond donors (Lipinski definition) is 2. The van der Waals surface area contributed by atoms with Gasteiger partial charge in [0.15, 0.2) is 0 Å². The van der Waals surface area contributed by atoms with Crippen molar-refractivity contribution in [1.82, 2.24) is 0 Å². The summed E-state index contributed by atoms with van der Waals surface area (Å²) < 4.78 is 12.9. The van der Waals surface area contributed by atoms with E-state index >= 15 is 0 Å². The summed E-state index contributed by atoms with van der Waals surface area (Å²) in [5.41, 5.74) is 3.83. The van der Waals surface area contributed by atoms with Crippen molar-refractivity contribution in [2.75, 3.05) is 17.2 Å². The SMILES string of the molecule is O=C(Cc1ccc(F)cc1)Nc1ccc(NCCc2ccccc2)cc1. The van der Waals surface area contributed by atoms with Crippen LogP contribution in [0.3, 0.4) is 0 Å². The monoisotopic (exact) mass is 348 g/mol. The molecule has 3 aromatic rings. The highest BCUT2D eigenvalue weighted by Crippen LogP contribution is 2.14. The molecule has 0 aromatic heterocycles. The summed E-state index contributed by atoms with van der Waals surface area (Å²) in [5.74, 6) is -0.425. The predicted molar refractivity (Wildman–Crippen MR) is 104 cm³/mol. The molecule has 132 valence electrons. The molecular weight excluding hydrogens is 327 g/mol. The van der Waals surface area contributed by atoms with Gasteiger partial charge < -0.3 is 10.6 Å². The van der Waals surface area contributed by atoms with Crippen LogP contribution in [0, 0.1) is 5.82 Å². The van der Waals surface area contributed by atoms with Gasteiger partial charge in [-0.05, 0) is 53.9 Å². The summed E-state index contributed by atoms with van der Waals surface area (Å²) >= 11 is 0. The molecule has 0 unspecified atom stereocenters. The lowest BCUT2D eigenvalue weighted by atomic mass is 10.1. The molecule has 3 nitrogen and oxygen atoms in total. The molecule has 0 atom stereocenters. The zero-order valence-electron chi connectivity index (χ0n) is 14.4. The third kappa shape index (κ3) is 5.45. The van der Waals surface area contributed by atoms with Crippen LogP contribution in [-0.4, -0.2) is 12.5 Å². The van der Waals surface area contributed by atoms with Crippen LogP contribution in [0.4, 0.5) is 15.8 Å². The summed E-state index contributed by atoms with van der Waals surface area (Å²) in [4.78, 5) is 12.1. The van der Waals surface area contributed by atoms with Crippen molar-refractivity contribution in [2.45, 2.75) is 12.8 Å². The molecule has 0 bridgehead atoms. The van der Waals surface area contributed by atoms with E-state index in [4.69, 9.17) is 0 Å². The highest BCUT2D eigenvalue weighted by Gasteiger charge is 2.04. The number of carbonyl (C=O) groups excluding carboxylic acids is 1. The molecule has 0 saturated heterocycles. The van der Waals surface area contributed by atoms with Crippen molar-refractivity contribution in [3.05, 3.63) is 95.8 Å². The van der Waals surface area contributed by atoms with Crippen molar-refractivity contribution < 1.29 is 9.18 Å². The topological polar surface area (TPSA) is 41.1 Å². The van der Waals surface area contributed by atoms with E-state index < -0.39 is 0 Å². The van der Waals surface area contributed by atoms with E-state index in [0.29, 0.717) is 0 Å². The molecule has 26 heavy (non-hydrogen) atoms. The minimum atomic E-state index is -0.301. The zero-order valence-corrected chi connectivity index (χ0v) is 14.4. The van der Waals surface area contributed by atoms with E-state index in [1.54, 1.807) is 12.1 Å². The van der Waals surface area contributed by atoms with Crippen LogP contribution < -0.4 is 10.6 Å². The van der Waals surface area contributed by atoms with Crippen LogP contribution in [0.2, 0.25) is 0 Å². The van der Waals surface area contributed by atoms with E-state index in [-0.39, 0.29) is 18.1 Å². The number of anilines is 2. The molecule has 4 heteroatoms. The number of benzene rings is 3. The van der Waals surface area contributed by atoms with Crippen molar-refractivity contribution in [1.29, 1.82) is 0 Å². The Hall–Kier alpha value is -3.14. The molecule has 0 spiro atoms. The molecule has 1 amide bonds. The Morgan fingerprint density at radius 3 is 2.12 bits per heavy atom. The van der Waals surface area contributed by atoms with Crippen molar-refractivity contribution in [3.63, 3.8) is 0 Å². The quantitative estimate of drug-likeness (QED) is 0.652. The molecular formula is C22H21FN2O. The van der Waals surface area contributed by atoms with E-state index in [9.17, 15) is 9.18 Å². The van der Waals surface area contributed by atoms with Crippen LogP contribution in [0.25, 0.3) is 0 Å². The van der Waals surface area contributed by atoms with Gasteiger partial charge in [-0.25, -0.2) is 4.39 Å².